The topological polar surface area (TPSA) is 145 Å². The summed E-state index contributed by atoms with van der Waals surface area (Å²) in [6, 6.07) is 15.7. The van der Waals surface area contributed by atoms with Crippen LogP contribution >= 0.6 is 0 Å². The van der Waals surface area contributed by atoms with Crippen LogP contribution < -0.4 is 16.4 Å². The Morgan fingerprint density at radius 3 is 2.22 bits per heavy atom. The van der Waals surface area contributed by atoms with E-state index in [9.17, 15) is 24.0 Å². The number of fused-ring (bicyclic) bond motifs is 2. The average molecular weight is 483 g/mol. The summed E-state index contributed by atoms with van der Waals surface area (Å²) in [7, 11) is 0. The van der Waals surface area contributed by atoms with Crippen LogP contribution in [0.25, 0.3) is 0 Å². The summed E-state index contributed by atoms with van der Waals surface area (Å²) in [5.74, 6) is -2.72. The first kappa shape index (κ1) is 23.0. The van der Waals surface area contributed by atoms with Gasteiger partial charge in [0, 0.05) is 22.7 Å². The molecule has 0 saturated heterocycles. The van der Waals surface area contributed by atoms with Gasteiger partial charge in [-0.25, -0.2) is 4.79 Å². The third-order valence-electron chi connectivity index (χ3n) is 6.05. The predicted molar refractivity (Wildman–Crippen MR) is 130 cm³/mol. The molecule has 0 radical (unpaired) electrons. The average Bonchev–Trinajstić information content (AvgIpc) is 3.70. The fourth-order valence-electron chi connectivity index (χ4n) is 4.07. The number of hydrogen-bond acceptors (Lipinski definition) is 7. The van der Waals surface area contributed by atoms with Crippen molar-refractivity contribution in [2.24, 2.45) is 0 Å². The molecule has 1 saturated carbocycles. The van der Waals surface area contributed by atoms with E-state index in [4.69, 9.17) is 10.5 Å². The molecule has 4 N–H and O–H groups in total. The summed E-state index contributed by atoms with van der Waals surface area (Å²) >= 11 is 0. The van der Waals surface area contributed by atoms with Crippen LogP contribution in [0.4, 0.5) is 11.4 Å². The van der Waals surface area contributed by atoms with Crippen LogP contribution in [0.1, 0.15) is 65.4 Å². The maximum absolute atomic E-state index is 13.0. The zero-order chi connectivity index (χ0) is 25.4. The zero-order valence-corrected chi connectivity index (χ0v) is 19.0. The molecule has 0 aliphatic heterocycles. The molecular weight excluding hydrogens is 462 g/mol. The molecule has 0 bridgehead atoms. The van der Waals surface area contributed by atoms with Crippen molar-refractivity contribution in [3.05, 3.63) is 94.0 Å². The highest BCUT2D eigenvalue weighted by molar-refractivity contribution is 6.30. The van der Waals surface area contributed by atoms with E-state index >= 15 is 0 Å². The van der Waals surface area contributed by atoms with Crippen LogP contribution in [-0.2, 0) is 9.53 Å². The van der Waals surface area contributed by atoms with Gasteiger partial charge in [-0.1, -0.05) is 36.4 Å². The minimum absolute atomic E-state index is 0.0618. The molecule has 2 aliphatic carbocycles. The molecule has 0 heterocycles. The monoisotopic (exact) mass is 483 g/mol. The number of para-hydroxylation sites is 1. The maximum atomic E-state index is 13.0. The summed E-state index contributed by atoms with van der Waals surface area (Å²) in [6.07, 6.45) is 1.85. The van der Waals surface area contributed by atoms with Crippen LogP contribution in [-0.4, -0.2) is 42.0 Å². The molecule has 0 atom stereocenters. The van der Waals surface area contributed by atoms with Crippen LogP contribution in [0.2, 0.25) is 0 Å². The van der Waals surface area contributed by atoms with Gasteiger partial charge in [0.15, 0.2) is 18.2 Å². The van der Waals surface area contributed by atoms with E-state index < -0.39 is 24.3 Å². The Hall–Kier alpha value is -4.79. The van der Waals surface area contributed by atoms with E-state index in [2.05, 4.69) is 10.6 Å². The lowest BCUT2D eigenvalue weighted by atomic mass is 9.82. The van der Waals surface area contributed by atoms with E-state index in [-0.39, 0.29) is 56.9 Å². The van der Waals surface area contributed by atoms with Crippen LogP contribution in [0, 0.1) is 0 Å². The van der Waals surface area contributed by atoms with Gasteiger partial charge >= 0.3 is 5.97 Å². The molecular formula is C27H21N3O6. The number of anilines is 2. The lowest BCUT2D eigenvalue weighted by Crippen LogP contribution is -2.28. The first-order chi connectivity index (χ1) is 17.3. The van der Waals surface area contributed by atoms with Crippen molar-refractivity contribution >= 4 is 40.7 Å². The molecule has 0 unspecified atom stereocenters. The number of ketones is 2. The SMILES string of the molecule is Nc1c(C(=O)OCC(=O)Nc2ccccc2C(=O)NC2CC2)ccc2c1C(=O)c1ccccc1C2=O. The maximum Gasteiger partial charge on any atom is 0.340 e. The number of nitrogens with one attached hydrogen (secondary N) is 2. The molecule has 9 nitrogen and oxygen atoms in total. The van der Waals surface area contributed by atoms with E-state index in [1.54, 1.807) is 42.5 Å². The Morgan fingerprint density at radius 1 is 0.833 bits per heavy atom. The Labute approximate surface area is 205 Å². The molecule has 36 heavy (non-hydrogen) atoms. The third-order valence-corrected chi connectivity index (χ3v) is 6.05. The van der Waals surface area contributed by atoms with Gasteiger partial charge in [-0.15, -0.1) is 0 Å². The Balaban J connectivity index is 1.29. The van der Waals surface area contributed by atoms with Gasteiger partial charge in [0.1, 0.15) is 0 Å². The number of ether oxygens (including phenoxy) is 1. The number of nitrogen functional groups attached to an aromatic ring is 1. The summed E-state index contributed by atoms with van der Waals surface area (Å²) in [5.41, 5.74) is 6.90. The smallest absolute Gasteiger partial charge is 0.340 e. The molecule has 3 aromatic carbocycles. The lowest BCUT2D eigenvalue weighted by Gasteiger charge is -2.20. The van der Waals surface area contributed by atoms with Crippen molar-refractivity contribution in [3.63, 3.8) is 0 Å². The summed E-state index contributed by atoms with van der Waals surface area (Å²) in [4.78, 5) is 63.4. The Kier molecular flexibility index (Phi) is 5.81. The molecule has 3 aromatic rings. The molecule has 5 rings (SSSR count). The molecule has 1 fully saturated rings. The second kappa shape index (κ2) is 9.10. The number of hydrogen-bond donors (Lipinski definition) is 3. The number of esters is 1. The summed E-state index contributed by atoms with van der Waals surface area (Å²) in [5, 5.41) is 5.43. The second-order valence-electron chi connectivity index (χ2n) is 8.57. The highest BCUT2D eigenvalue weighted by Gasteiger charge is 2.33. The molecule has 9 heteroatoms. The highest BCUT2D eigenvalue weighted by Crippen LogP contribution is 2.33. The lowest BCUT2D eigenvalue weighted by molar-refractivity contribution is -0.119. The van der Waals surface area contributed by atoms with Crippen molar-refractivity contribution in [1.29, 1.82) is 0 Å². The highest BCUT2D eigenvalue weighted by atomic mass is 16.5. The van der Waals surface area contributed by atoms with E-state index in [0.717, 1.165) is 12.8 Å². The fourth-order valence-corrected chi connectivity index (χ4v) is 4.07. The van der Waals surface area contributed by atoms with Gasteiger partial charge in [0.2, 0.25) is 0 Å². The van der Waals surface area contributed by atoms with Gasteiger partial charge in [0.25, 0.3) is 11.8 Å². The molecule has 0 spiro atoms. The Morgan fingerprint density at radius 2 is 1.50 bits per heavy atom. The van der Waals surface area contributed by atoms with E-state index in [0.29, 0.717) is 5.56 Å². The third kappa shape index (κ3) is 4.22. The fraction of sp³-hybridized carbons (Fsp3) is 0.148. The van der Waals surface area contributed by atoms with Crippen molar-refractivity contribution in [2.75, 3.05) is 17.7 Å². The van der Waals surface area contributed by atoms with Crippen LogP contribution in [0.3, 0.4) is 0 Å². The van der Waals surface area contributed by atoms with Gasteiger partial charge in [-0.3, -0.25) is 19.2 Å². The molecule has 180 valence electrons. The van der Waals surface area contributed by atoms with Gasteiger partial charge in [0.05, 0.1) is 28.1 Å². The van der Waals surface area contributed by atoms with Crippen molar-refractivity contribution in [1.82, 2.24) is 5.32 Å². The minimum atomic E-state index is -0.927. The Bertz CT molecular complexity index is 1460. The van der Waals surface area contributed by atoms with Crippen LogP contribution in [0.5, 0.6) is 0 Å². The molecule has 2 aliphatic rings. The first-order valence-electron chi connectivity index (χ1n) is 11.3. The van der Waals surface area contributed by atoms with E-state index in [1.807, 2.05) is 0 Å². The molecule has 0 aromatic heterocycles. The quantitative estimate of drug-likeness (QED) is 0.282. The summed E-state index contributed by atoms with van der Waals surface area (Å²) in [6.45, 7) is -0.649. The van der Waals surface area contributed by atoms with Gasteiger partial charge < -0.3 is 21.1 Å². The zero-order valence-electron chi connectivity index (χ0n) is 19.0. The summed E-state index contributed by atoms with van der Waals surface area (Å²) < 4.78 is 5.11. The normalized spacial score (nSPS) is 13.9. The second-order valence-corrected chi connectivity index (χ2v) is 8.57. The number of carbonyl (C=O) groups is 5. The predicted octanol–water partition coefficient (Wildman–Crippen LogP) is 2.73. The number of nitrogens with two attached hydrogens (primary N) is 1. The first-order valence-corrected chi connectivity index (χ1v) is 11.3. The van der Waals surface area contributed by atoms with Crippen molar-refractivity contribution < 1.29 is 28.7 Å². The minimum Gasteiger partial charge on any atom is -0.452 e. The molecule has 2 amide bonds. The standard InChI is InChI=1S/C27H21N3O6/c28-23-19(12-11-18-22(23)25(33)16-6-2-1-5-15(16)24(18)32)27(35)36-13-21(31)30-20-8-4-3-7-17(20)26(34)29-14-9-10-14/h1-8,11-12,14H,9-10,13,28H2,(H,29,34)(H,30,31). The van der Waals surface area contributed by atoms with Gasteiger partial charge in [-0.05, 0) is 37.1 Å². The van der Waals surface area contributed by atoms with Gasteiger partial charge in [-0.2, -0.15) is 0 Å². The van der Waals surface area contributed by atoms with E-state index in [1.165, 1.54) is 18.2 Å². The largest absolute Gasteiger partial charge is 0.452 e. The number of carbonyl (C=O) groups excluding carboxylic acids is 5. The van der Waals surface area contributed by atoms with Crippen molar-refractivity contribution in [3.8, 4) is 0 Å². The van der Waals surface area contributed by atoms with Crippen molar-refractivity contribution in [2.45, 2.75) is 18.9 Å². The number of amides is 2. The number of benzene rings is 3. The number of rotatable bonds is 6. The van der Waals surface area contributed by atoms with Crippen LogP contribution in [0.15, 0.2) is 60.7 Å².